The number of halogens is 2. The van der Waals surface area contributed by atoms with Gasteiger partial charge in [-0.25, -0.2) is 9.18 Å². The van der Waals surface area contributed by atoms with E-state index in [-0.39, 0.29) is 12.2 Å². The minimum absolute atomic E-state index is 0.0118. The van der Waals surface area contributed by atoms with Crippen molar-refractivity contribution >= 4 is 11.8 Å². The predicted molar refractivity (Wildman–Crippen MR) is 58.8 cm³/mol. The molecular weight excluding hydrogens is 230 g/mol. The third kappa shape index (κ3) is 3.27. The van der Waals surface area contributed by atoms with Crippen LogP contribution in [0.1, 0.15) is 12.5 Å². The van der Waals surface area contributed by atoms with Gasteiger partial charge in [-0.15, -0.1) is 0 Å². The van der Waals surface area contributed by atoms with Crippen LogP contribution in [0.5, 0.6) is 5.75 Å². The Hall–Kier alpha value is -1.91. The molecule has 0 aromatic heterocycles. The van der Waals surface area contributed by atoms with Gasteiger partial charge in [-0.1, -0.05) is 0 Å². The monoisotopic (exact) mass is 242 g/mol. The summed E-state index contributed by atoms with van der Waals surface area (Å²) in [5, 5.41) is 0. The van der Waals surface area contributed by atoms with E-state index >= 15 is 0 Å². The average molecular weight is 242 g/mol. The lowest BCUT2D eigenvalue weighted by molar-refractivity contribution is -0.140. The summed E-state index contributed by atoms with van der Waals surface area (Å²) in [6, 6.07) is 5.56. The molecule has 0 aliphatic heterocycles. The van der Waals surface area contributed by atoms with Crippen molar-refractivity contribution in [3.05, 3.63) is 35.7 Å². The molecule has 0 saturated carbocycles. The van der Waals surface area contributed by atoms with Gasteiger partial charge in [0.2, 0.25) is 5.83 Å². The van der Waals surface area contributed by atoms with E-state index in [0.717, 1.165) is 0 Å². The summed E-state index contributed by atoms with van der Waals surface area (Å²) in [6.07, 6.45) is 0. The minimum Gasteiger partial charge on any atom is -0.497 e. The number of ether oxygens (including phenoxy) is 2. The lowest BCUT2D eigenvalue weighted by Gasteiger charge is -2.03. The van der Waals surface area contributed by atoms with Crippen LogP contribution in [0.4, 0.5) is 8.78 Å². The van der Waals surface area contributed by atoms with E-state index in [4.69, 9.17) is 4.74 Å². The highest BCUT2D eigenvalue weighted by Crippen LogP contribution is 2.24. The molecule has 0 radical (unpaired) electrons. The van der Waals surface area contributed by atoms with E-state index < -0.39 is 17.6 Å². The fraction of sp³-hybridized carbons (Fsp3) is 0.250. The van der Waals surface area contributed by atoms with Gasteiger partial charge in [0.1, 0.15) is 5.75 Å². The average Bonchev–Trinajstić information content (AvgIpc) is 2.37. The molecule has 3 nitrogen and oxygen atoms in total. The smallest absolute Gasteiger partial charge is 0.370 e. The first-order valence-corrected chi connectivity index (χ1v) is 4.97. The highest BCUT2D eigenvalue weighted by molar-refractivity contribution is 5.93. The number of rotatable bonds is 4. The minimum atomic E-state index is -1.53. The summed E-state index contributed by atoms with van der Waals surface area (Å²) < 4.78 is 36.0. The standard InChI is InChI=1S/C12H12F2O3/c1-3-17-12(15)11(14)10(13)8-4-6-9(16-2)7-5-8/h4-7H,3H2,1-2H3. The largest absolute Gasteiger partial charge is 0.497 e. The summed E-state index contributed by atoms with van der Waals surface area (Å²) >= 11 is 0. The van der Waals surface area contributed by atoms with Crippen molar-refractivity contribution in [1.82, 2.24) is 0 Å². The highest BCUT2D eigenvalue weighted by Gasteiger charge is 2.18. The highest BCUT2D eigenvalue weighted by atomic mass is 19.2. The van der Waals surface area contributed by atoms with Crippen molar-refractivity contribution in [3.8, 4) is 5.75 Å². The Morgan fingerprint density at radius 2 is 1.82 bits per heavy atom. The third-order valence-corrected chi connectivity index (χ3v) is 1.99. The molecular formula is C12H12F2O3. The first-order chi connectivity index (χ1) is 8.10. The van der Waals surface area contributed by atoms with Crippen molar-refractivity contribution in [2.24, 2.45) is 0 Å². The van der Waals surface area contributed by atoms with Crippen LogP contribution in [-0.2, 0) is 9.53 Å². The summed E-state index contributed by atoms with van der Waals surface area (Å²) in [4.78, 5) is 11.0. The fourth-order valence-electron chi connectivity index (χ4n) is 1.15. The summed E-state index contributed by atoms with van der Waals surface area (Å²) in [7, 11) is 1.46. The summed E-state index contributed by atoms with van der Waals surface area (Å²) in [5.41, 5.74) is -0.0450. The maximum Gasteiger partial charge on any atom is 0.370 e. The molecule has 0 heterocycles. The Labute approximate surface area is 97.7 Å². The molecule has 17 heavy (non-hydrogen) atoms. The molecule has 0 aliphatic carbocycles. The van der Waals surface area contributed by atoms with Crippen LogP contribution in [0, 0.1) is 0 Å². The molecule has 0 amide bonds. The normalized spacial score (nSPS) is 11.8. The van der Waals surface area contributed by atoms with Gasteiger partial charge >= 0.3 is 5.97 Å². The molecule has 0 atom stereocenters. The number of methoxy groups -OCH3 is 1. The molecule has 0 bridgehead atoms. The van der Waals surface area contributed by atoms with Crippen LogP contribution in [0.3, 0.4) is 0 Å². The lowest BCUT2D eigenvalue weighted by Crippen LogP contribution is -2.05. The van der Waals surface area contributed by atoms with E-state index in [1.807, 2.05) is 0 Å². The van der Waals surface area contributed by atoms with Crippen LogP contribution in [0.15, 0.2) is 30.1 Å². The van der Waals surface area contributed by atoms with Gasteiger partial charge < -0.3 is 9.47 Å². The van der Waals surface area contributed by atoms with Crippen molar-refractivity contribution in [2.75, 3.05) is 13.7 Å². The number of esters is 1. The topological polar surface area (TPSA) is 35.5 Å². The van der Waals surface area contributed by atoms with Crippen molar-refractivity contribution < 1.29 is 23.0 Å². The van der Waals surface area contributed by atoms with Gasteiger partial charge in [-0.2, -0.15) is 4.39 Å². The number of hydrogen-bond donors (Lipinski definition) is 0. The van der Waals surface area contributed by atoms with E-state index in [2.05, 4.69) is 4.74 Å². The van der Waals surface area contributed by atoms with Crippen LogP contribution in [0.25, 0.3) is 5.83 Å². The van der Waals surface area contributed by atoms with Crippen LogP contribution in [-0.4, -0.2) is 19.7 Å². The van der Waals surface area contributed by atoms with Gasteiger partial charge in [0.25, 0.3) is 0 Å². The summed E-state index contributed by atoms with van der Waals surface area (Å²) in [5.74, 6) is -3.57. The van der Waals surface area contributed by atoms with Gasteiger partial charge in [0.15, 0.2) is 5.83 Å². The molecule has 0 fully saturated rings. The van der Waals surface area contributed by atoms with Crippen molar-refractivity contribution in [1.29, 1.82) is 0 Å². The Kier molecular flexibility index (Phi) is 4.63. The second kappa shape index (κ2) is 5.98. The number of carbonyl (C=O) groups is 1. The van der Waals surface area contributed by atoms with Crippen LogP contribution >= 0.6 is 0 Å². The van der Waals surface area contributed by atoms with E-state index in [1.54, 1.807) is 0 Å². The van der Waals surface area contributed by atoms with Gasteiger partial charge in [0, 0.05) is 5.56 Å². The SMILES string of the molecule is CCOC(=O)C(F)=C(F)c1ccc(OC)cc1. The zero-order valence-electron chi connectivity index (χ0n) is 9.50. The Morgan fingerprint density at radius 1 is 1.24 bits per heavy atom. The number of hydrogen-bond acceptors (Lipinski definition) is 3. The van der Waals surface area contributed by atoms with Crippen molar-refractivity contribution in [2.45, 2.75) is 6.92 Å². The molecule has 1 rings (SSSR count). The molecule has 0 unspecified atom stereocenters. The van der Waals surface area contributed by atoms with Crippen LogP contribution in [0.2, 0.25) is 0 Å². The third-order valence-electron chi connectivity index (χ3n) is 1.99. The van der Waals surface area contributed by atoms with Gasteiger partial charge in [-0.05, 0) is 31.2 Å². The first kappa shape index (κ1) is 13.2. The van der Waals surface area contributed by atoms with E-state index in [0.29, 0.717) is 5.75 Å². The molecule has 1 aromatic carbocycles. The van der Waals surface area contributed by atoms with Gasteiger partial charge in [-0.3, -0.25) is 0 Å². The maximum atomic E-state index is 13.5. The molecule has 5 heteroatoms. The zero-order valence-corrected chi connectivity index (χ0v) is 9.50. The molecule has 92 valence electrons. The Morgan fingerprint density at radius 3 is 2.29 bits per heavy atom. The predicted octanol–water partition coefficient (Wildman–Crippen LogP) is 2.87. The zero-order chi connectivity index (χ0) is 12.8. The van der Waals surface area contributed by atoms with Crippen molar-refractivity contribution in [3.63, 3.8) is 0 Å². The maximum absolute atomic E-state index is 13.5. The number of carbonyl (C=O) groups excluding carboxylic acids is 1. The molecule has 0 N–H and O–H groups in total. The quantitative estimate of drug-likeness (QED) is 0.601. The summed E-state index contributed by atoms with van der Waals surface area (Å²) in [6.45, 7) is 1.50. The first-order valence-electron chi connectivity index (χ1n) is 4.97. The molecule has 0 spiro atoms. The second-order valence-corrected chi connectivity index (χ2v) is 3.08. The lowest BCUT2D eigenvalue weighted by atomic mass is 10.2. The number of benzene rings is 1. The second-order valence-electron chi connectivity index (χ2n) is 3.08. The Balaban J connectivity index is 2.97. The fourth-order valence-corrected chi connectivity index (χ4v) is 1.15. The van der Waals surface area contributed by atoms with E-state index in [9.17, 15) is 13.6 Å². The molecule has 1 aromatic rings. The molecule has 0 saturated heterocycles. The van der Waals surface area contributed by atoms with E-state index in [1.165, 1.54) is 38.3 Å². The Bertz CT molecular complexity index is 424. The van der Waals surface area contributed by atoms with Crippen LogP contribution < -0.4 is 4.74 Å². The van der Waals surface area contributed by atoms with Gasteiger partial charge in [0.05, 0.1) is 13.7 Å². The molecule has 0 aliphatic rings.